The van der Waals surface area contributed by atoms with E-state index in [9.17, 15) is 4.39 Å². The molecule has 112 valence electrons. The molecule has 2 N–H and O–H groups in total. The zero-order valence-corrected chi connectivity index (χ0v) is 13.1. The molecule has 2 unspecified atom stereocenters. The van der Waals surface area contributed by atoms with E-state index in [1.165, 1.54) is 38.2 Å². The summed E-state index contributed by atoms with van der Waals surface area (Å²) >= 11 is 5.73. The highest BCUT2D eigenvalue weighted by Gasteiger charge is 2.29. The largest absolute Gasteiger partial charge is 0.325 e. The van der Waals surface area contributed by atoms with Crippen molar-refractivity contribution in [1.82, 2.24) is 0 Å². The van der Waals surface area contributed by atoms with Crippen molar-refractivity contribution in [1.29, 1.82) is 0 Å². The van der Waals surface area contributed by atoms with Gasteiger partial charge in [0.2, 0.25) is 0 Å². The molecule has 2 rings (SSSR count). The molecule has 1 fully saturated rings. The van der Waals surface area contributed by atoms with Crippen LogP contribution in [0.25, 0.3) is 0 Å². The quantitative estimate of drug-likeness (QED) is 0.769. The first-order valence-electron chi connectivity index (χ1n) is 7.75. The fraction of sp³-hybridized carbons (Fsp3) is 0.647. The van der Waals surface area contributed by atoms with E-state index in [0.29, 0.717) is 0 Å². The molecule has 0 saturated heterocycles. The Morgan fingerprint density at radius 1 is 1.35 bits per heavy atom. The third-order valence-corrected chi connectivity index (χ3v) is 4.88. The Morgan fingerprint density at radius 3 is 2.85 bits per heavy atom. The Labute approximate surface area is 126 Å². The number of rotatable bonds is 4. The second kappa shape index (κ2) is 6.91. The fourth-order valence-electron chi connectivity index (χ4n) is 3.43. The Balaban J connectivity index is 2.01. The van der Waals surface area contributed by atoms with Crippen molar-refractivity contribution in [2.75, 3.05) is 0 Å². The number of benzene rings is 1. The highest BCUT2D eigenvalue weighted by atomic mass is 35.5. The van der Waals surface area contributed by atoms with Crippen LogP contribution >= 0.6 is 11.6 Å². The van der Waals surface area contributed by atoms with Gasteiger partial charge in [0, 0.05) is 5.54 Å². The lowest BCUT2D eigenvalue weighted by Gasteiger charge is -2.28. The molecule has 1 aliphatic carbocycles. The third-order valence-electron chi connectivity index (χ3n) is 4.57. The third kappa shape index (κ3) is 4.20. The number of hydrogen-bond acceptors (Lipinski definition) is 1. The summed E-state index contributed by atoms with van der Waals surface area (Å²) in [5.41, 5.74) is 7.37. The highest BCUT2D eigenvalue weighted by Crippen LogP contribution is 2.33. The lowest BCUT2D eigenvalue weighted by atomic mass is 9.84. The van der Waals surface area contributed by atoms with Gasteiger partial charge in [-0.25, -0.2) is 4.39 Å². The maximum Gasteiger partial charge on any atom is 0.142 e. The van der Waals surface area contributed by atoms with Crippen molar-refractivity contribution in [3.63, 3.8) is 0 Å². The summed E-state index contributed by atoms with van der Waals surface area (Å²) in [4.78, 5) is 0. The number of halogens is 2. The van der Waals surface area contributed by atoms with Gasteiger partial charge in [-0.3, -0.25) is 0 Å². The summed E-state index contributed by atoms with van der Waals surface area (Å²) in [5, 5.41) is 0.184. The van der Waals surface area contributed by atoms with Gasteiger partial charge in [-0.2, -0.15) is 0 Å². The van der Waals surface area contributed by atoms with Crippen molar-refractivity contribution in [3.8, 4) is 0 Å². The predicted molar refractivity (Wildman–Crippen MR) is 83.5 cm³/mol. The van der Waals surface area contributed by atoms with Crippen LogP contribution in [0.3, 0.4) is 0 Å². The Kier molecular flexibility index (Phi) is 5.45. The SMILES string of the molecule is CCCC1CCCC(N)(Cc2ccc(Cl)c(F)c2)CC1. The average molecular weight is 298 g/mol. The van der Waals surface area contributed by atoms with Crippen LogP contribution in [0, 0.1) is 11.7 Å². The number of hydrogen-bond donors (Lipinski definition) is 1. The molecule has 0 spiro atoms. The van der Waals surface area contributed by atoms with Crippen molar-refractivity contribution < 1.29 is 4.39 Å². The molecule has 2 atom stereocenters. The van der Waals surface area contributed by atoms with Crippen LogP contribution < -0.4 is 5.73 Å². The van der Waals surface area contributed by atoms with E-state index in [1.54, 1.807) is 6.07 Å². The lowest BCUT2D eigenvalue weighted by molar-refractivity contribution is 0.354. The summed E-state index contributed by atoms with van der Waals surface area (Å²) in [6.07, 6.45) is 9.09. The van der Waals surface area contributed by atoms with Crippen molar-refractivity contribution in [2.24, 2.45) is 11.7 Å². The van der Waals surface area contributed by atoms with E-state index in [0.717, 1.165) is 30.7 Å². The van der Waals surface area contributed by atoms with Crippen LogP contribution in [-0.4, -0.2) is 5.54 Å². The maximum atomic E-state index is 13.5. The van der Waals surface area contributed by atoms with Crippen LogP contribution in [-0.2, 0) is 6.42 Å². The lowest BCUT2D eigenvalue weighted by Crippen LogP contribution is -2.41. The smallest absolute Gasteiger partial charge is 0.142 e. The van der Waals surface area contributed by atoms with Gasteiger partial charge in [0.15, 0.2) is 0 Å². The second-order valence-electron chi connectivity index (χ2n) is 6.37. The topological polar surface area (TPSA) is 26.0 Å². The first-order chi connectivity index (χ1) is 9.52. The van der Waals surface area contributed by atoms with Gasteiger partial charge in [0.25, 0.3) is 0 Å². The molecule has 20 heavy (non-hydrogen) atoms. The minimum Gasteiger partial charge on any atom is -0.325 e. The molecule has 3 heteroatoms. The molecule has 1 aromatic carbocycles. The van der Waals surface area contributed by atoms with Gasteiger partial charge in [-0.05, 0) is 49.3 Å². The monoisotopic (exact) mass is 297 g/mol. The molecule has 1 saturated carbocycles. The molecular weight excluding hydrogens is 273 g/mol. The summed E-state index contributed by atoms with van der Waals surface area (Å²) in [6, 6.07) is 5.06. The normalized spacial score (nSPS) is 27.3. The highest BCUT2D eigenvalue weighted by molar-refractivity contribution is 6.30. The molecule has 0 bridgehead atoms. The van der Waals surface area contributed by atoms with E-state index in [2.05, 4.69) is 6.92 Å². The molecule has 1 nitrogen and oxygen atoms in total. The van der Waals surface area contributed by atoms with Crippen LogP contribution in [0.4, 0.5) is 4.39 Å². The Morgan fingerprint density at radius 2 is 2.15 bits per heavy atom. The Bertz CT molecular complexity index is 449. The van der Waals surface area contributed by atoms with E-state index >= 15 is 0 Å². The average Bonchev–Trinajstić information content (AvgIpc) is 2.57. The zero-order valence-electron chi connectivity index (χ0n) is 12.3. The van der Waals surface area contributed by atoms with Gasteiger partial charge < -0.3 is 5.73 Å². The van der Waals surface area contributed by atoms with Gasteiger partial charge in [0.05, 0.1) is 5.02 Å². The van der Waals surface area contributed by atoms with Crippen LogP contribution in [0.1, 0.15) is 57.4 Å². The fourth-order valence-corrected chi connectivity index (χ4v) is 3.55. The van der Waals surface area contributed by atoms with Gasteiger partial charge in [-0.1, -0.05) is 50.3 Å². The van der Waals surface area contributed by atoms with Crippen LogP contribution in [0.5, 0.6) is 0 Å². The second-order valence-corrected chi connectivity index (χ2v) is 6.78. The van der Waals surface area contributed by atoms with Crippen molar-refractivity contribution >= 4 is 11.6 Å². The number of nitrogens with two attached hydrogens (primary N) is 1. The van der Waals surface area contributed by atoms with E-state index in [1.807, 2.05) is 6.07 Å². The summed E-state index contributed by atoms with van der Waals surface area (Å²) in [7, 11) is 0. The molecule has 0 aromatic heterocycles. The van der Waals surface area contributed by atoms with Crippen molar-refractivity contribution in [2.45, 2.75) is 63.8 Å². The molecule has 0 heterocycles. The van der Waals surface area contributed by atoms with E-state index in [4.69, 9.17) is 17.3 Å². The first-order valence-corrected chi connectivity index (χ1v) is 8.13. The standard InChI is InChI=1S/C17H25ClFN/c1-2-4-13-5-3-9-17(20,10-8-13)12-14-6-7-15(18)16(19)11-14/h6-7,11,13H,2-5,8-10,12,20H2,1H3. The maximum absolute atomic E-state index is 13.5. The summed E-state index contributed by atoms with van der Waals surface area (Å²) in [5.74, 6) is 0.484. The zero-order chi connectivity index (χ0) is 14.6. The minimum absolute atomic E-state index is 0.178. The van der Waals surface area contributed by atoms with Gasteiger partial charge in [-0.15, -0.1) is 0 Å². The van der Waals surface area contributed by atoms with E-state index < -0.39 is 0 Å². The van der Waals surface area contributed by atoms with Gasteiger partial charge in [0.1, 0.15) is 5.82 Å². The minimum atomic E-state index is -0.342. The molecule has 0 amide bonds. The van der Waals surface area contributed by atoms with E-state index in [-0.39, 0.29) is 16.4 Å². The first kappa shape index (κ1) is 15.8. The molecule has 1 aromatic rings. The Hall–Kier alpha value is -0.600. The molecule has 1 aliphatic rings. The predicted octanol–water partition coefficient (Wildman–Crippen LogP) is 5.10. The van der Waals surface area contributed by atoms with Crippen molar-refractivity contribution in [3.05, 3.63) is 34.6 Å². The molecule has 0 aliphatic heterocycles. The van der Waals surface area contributed by atoms with Gasteiger partial charge >= 0.3 is 0 Å². The summed E-state index contributed by atoms with van der Waals surface area (Å²) < 4.78 is 13.5. The molecule has 0 radical (unpaired) electrons. The molecular formula is C17H25ClFN. The van der Waals surface area contributed by atoms with Crippen LogP contribution in [0.2, 0.25) is 5.02 Å². The van der Waals surface area contributed by atoms with Crippen LogP contribution in [0.15, 0.2) is 18.2 Å². The summed E-state index contributed by atoms with van der Waals surface area (Å²) in [6.45, 7) is 2.25.